The number of hydrogen-bond acceptors (Lipinski definition) is 5. The van der Waals surface area contributed by atoms with Gasteiger partial charge in [0.2, 0.25) is 0 Å². The monoisotopic (exact) mass is 493 g/mol. The first kappa shape index (κ1) is 22.9. The lowest BCUT2D eigenvalue weighted by Gasteiger charge is -2.09. The van der Waals surface area contributed by atoms with E-state index in [4.69, 9.17) is 4.74 Å². The van der Waals surface area contributed by atoms with Gasteiger partial charge >= 0.3 is 17.8 Å². The Hall–Kier alpha value is -3.78. The SMILES string of the molecule is Cc1ccc(NC(=O)C(=O)N/N=C/c2cc(Br)ccc2OC(=O)c2ccccc2C)cc1. The Balaban J connectivity index is 1.67. The van der Waals surface area contributed by atoms with Crippen molar-refractivity contribution in [3.05, 3.63) is 93.5 Å². The van der Waals surface area contributed by atoms with Gasteiger partial charge in [-0.3, -0.25) is 9.59 Å². The van der Waals surface area contributed by atoms with E-state index >= 15 is 0 Å². The summed E-state index contributed by atoms with van der Waals surface area (Å²) >= 11 is 3.35. The second-order valence-electron chi connectivity index (χ2n) is 6.91. The molecule has 0 radical (unpaired) electrons. The number of rotatable bonds is 5. The third-order valence-corrected chi connectivity index (χ3v) is 4.92. The molecule has 0 saturated heterocycles. The molecule has 0 aromatic heterocycles. The average molecular weight is 494 g/mol. The largest absolute Gasteiger partial charge is 0.422 e. The Kier molecular flexibility index (Phi) is 7.51. The van der Waals surface area contributed by atoms with Crippen molar-refractivity contribution in [1.29, 1.82) is 0 Å². The molecule has 3 aromatic rings. The van der Waals surface area contributed by atoms with E-state index in [-0.39, 0.29) is 5.75 Å². The number of carbonyl (C=O) groups is 3. The van der Waals surface area contributed by atoms with E-state index in [1.807, 2.05) is 38.1 Å². The summed E-state index contributed by atoms with van der Waals surface area (Å²) in [6, 6.07) is 19.1. The highest BCUT2D eigenvalue weighted by Crippen LogP contribution is 2.23. The van der Waals surface area contributed by atoms with Crippen LogP contribution in [0.4, 0.5) is 5.69 Å². The Bertz CT molecular complexity index is 1190. The number of hydrazone groups is 1. The minimum atomic E-state index is -0.935. The van der Waals surface area contributed by atoms with E-state index in [0.29, 0.717) is 16.8 Å². The van der Waals surface area contributed by atoms with Crippen molar-refractivity contribution in [2.24, 2.45) is 5.10 Å². The normalized spacial score (nSPS) is 10.6. The molecule has 2 N–H and O–H groups in total. The van der Waals surface area contributed by atoms with E-state index in [1.54, 1.807) is 42.5 Å². The highest BCUT2D eigenvalue weighted by molar-refractivity contribution is 9.10. The maximum absolute atomic E-state index is 12.5. The number of esters is 1. The number of carbonyl (C=O) groups excluding carboxylic acids is 3. The predicted molar refractivity (Wildman–Crippen MR) is 126 cm³/mol. The maximum Gasteiger partial charge on any atom is 0.343 e. The molecule has 2 amide bonds. The van der Waals surface area contributed by atoms with Crippen LogP contribution in [-0.2, 0) is 9.59 Å². The molecule has 8 heteroatoms. The van der Waals surface area contributed by atoms with Gasteiger partial charge in [-0.1, -0.05) is 51.8 Å². The molecule has 7 nitrogen and oxygen atoms in total. The first-order valence-electron chi connectivity index (χ1n) is 9.62. The topological polar surface area (TPSA) is 96.9 Å². The molecule has 0 heterocycles. The van der Waals surface area contributed by atoms with E-state index in [9.17, 15) is 14.4 Å². The van der Waals surface area contributed by atoms with Crippen LogP contribution >= 0.6 is 15.9 Å². The Morgan fingerprint density at radius 2 is 1.66 bits per heavy atom. The van der Waals surface area contributed by atoms with Crippen LogP contribution in [0.2, 0.25) is 0 Å². The van der Waals surface area contributed by atoms with Crippen molar-refractivity contribution in [3.63, 3.8) is 0 Å². The number of halogens is 1. The second kappa shape index (κ2) is 10.5. The smallest absolute Gasteiger partial charge is 0.343 e. The Morgan fingerprint density at radius 1 is 0.938 bits per heavy atom. The molecule has 0 fully saturated rings. The van der Waals surface area contributed by atoms with Crippen LogP contribution in [0, 0.1) is 13.8 Å². The molecule has 0 bridgehead atoms. The minimum absolute atomic E-state index is 0.253. The zero-order chi connectivity index (χ0) is 23.1. The predicted octanol–water partition coefficient (Wildman–Crippen LogP) is 4.37. The van der Waals surface area contributed by atoms with Gasteiger partial charge in [0.15, 0.2) is 0 Å². The molecule has 3 aromatic carbocycles. The van der Waals surface area contributed by atoms with Crippen LogP contribution in [0.3, 0.4) is 0 Å². The van der Waals surface area contributed by atoms with E-state index < -0.39 is 17.8 Å². The molecule has 0 aliphatic rings. The number of aryl methyl sites for hydroxylation is 2. The lowest BCUT2D eigenvalue weighted by Crippen LogP contribution is -2.32. The fourth-order valence-electron chi connectivity index (χ4n) is 2.71. The number of nitrogens with zero attached hydrogens (tertiary/aromatic N) is 1. The van der Waals surface area contributed by atoms with Crippen LogP contribution in [0.1, 0.15) is 27.0 Å². The van der Waals surface area contributed by atoms with E-state index in [1.165, 1.54) is 6.21 Å². The number of benzene rings is 3. The van der Waals surface area contributed by atoms with Crippen molar-refractivity contribution in [2.75, 3.05) is 5.32 Å². The van der Waals surface area contributed by atoms with Crippen LogP contribution in [0.25, 0.3) is 0 Å². The zero-order valence-corrected chi connectivity index (χ0v) is 19.0. The standard InChI is InChI=1S/C24H20BrN3O4/c1-15-7-10-19(11-8-15)27-22(29)23(30)28-26-14-17-13-18(25)9-12-21(17)32-24(31)20-6-4-3-5-16(20)2/h3-14H,1-2H3,(H,27,29)(H,28,30)/b26-14+. The van der Waals surface area contributed by atoms with Crippen molar-refractivity contribution < 1.29 is 19.1 Å². The molecule has 0 atom stereocenters. The van der Waals surface area contributed by atoms with Gasteiger partial charge in [0, 0.05) is 15.7 Å². The molecule has 0 saturated carbocycles. The number of amides is 2. The Labute approximate surface area is 193 Å². The van der Waals surface area contributed by atoms with Crippen molar-refractivity contribution in [3.8, 4) is 5.75 Å². The molecule has 32 heavy (non-hydrogen) atoms. The summed E-state index contributed by atoms with van der Waals surface area (Å²) in [5.74, 6) is -2.05. The second-order valence-corrected chi connectivity index (χ2v) is 7.82. The molecule has 162 valence electrons. The molecule has 0 aliphatic carbocycles. The summed E-state index contributed by atoms with van der Waals surface area (Å²) in [6.45, 7) is 3.74. The molecule has 0 unspecified atom stereocenters. The molecular weight excluding hydrogens is 474 g/mol. The van der Waals surface area contributed by atoms with Gasteiger partial charge in [-0.2, -0.15) is 5.10 Å². The van der Waals surface area contributed by atoms with Crippen molar-refractivity contribution in [2.45, 2.75) is 13.8 Å². The summed E-state index contributed by atoms with van der Waals surface area (Å²) in [4.78, 5) is 36.6. The summed E-state index contributed by atoms with van der Waals surface area (Å²) in [5.41, 5.74) is 5.36. The third-order valence-electron chi connectivity index (χ3n) is 4.42. The van der Waals surface area contributed by atoms with E-state index in [0.717, 1.165) is 15.6 Å². The Morgan fingerprint density at radius 3 is 2.38 bits per heavy atom. The lowest BCUT2D eigenvalue weighted by molar-refractivity contribution is -0.136. The van der Waals surface area contributed by atoms with Crippen LogP contribution < -0.4 is 15.5 Å². The van der Waals surface area contributed by atoms with Gasteiger partial charge in [-0.15, -0.1) is 0 Å². The summed E-state index contributed by atoms with van der Waals surface area (Å²) in [6.07, 6.45) is 1.29. The fourth-order valence-corrected chi connectivity index (χ4v) is 3.08. The molecule has 0 aliphatic heterocycles. The highest BCUT2D eigenvalue weighted by Gasteiger charge is 2.15. The molecule has 3 rings (SSSR count). The quantitative estimate of drug-likeness (QED) is 0.181. The van der Waals surface area contributed by atoms with E-state index in [2.05, 4.69) is 31.8 Å². The first-order valence-corrected chi connectivity index (χ1v) is 10.4. The van der Waals surface area contributed by atoms with Gasteiger partial charge < -0.3 is 10.1 Å². The third kappa shape index (κ3) is 6.12. The highest BCUT2D eigenvalue weighted by atomic mass is 79.9. The first-order chi connectivity index (χ1) is 15.3. The summed E-state index contributed by atoms with van der Waals surface area (Å²) < 4.78 is 6.24. The molecular formula is C24H20BrN3O4. The molecule has 0 spiro atoms. The minimum Gasteiger partial charge on any atom is -0.422 e. The number of hydrogen-bond donors (Lipinski definition) is 2. The van der Waals surface area contributed by atoms with Crippen LogP contribution in [0.5, 0.6) is 5.75 Å². The van der Waals surface area contributed by atoms with Gasteiger partial charge in [0.25, 0.3) is 0 Å². The van der Waals surface area contributed by atoms with Crippen molar-refractivity contribution in [1.82, 2.24) is 5.43 Å². The maximum atomic E-state index is 12.5. The van der Waals surface area contributed by atoms with Gasteiger partial charge in [-0.25, -0.2) is 10.2 Å². The number of anilines is 1. The van der Waals surface area contributed by atoms with Crippen molar-refractivity contribution >= 4 is 45.6 Å². The van der Waals surface area contributed by atoms with Gasteiger partial charge in [-0.05, 0) is 55.8 Å². The van der Waals surface area contributed by atoms with Crippen LogP contribution in [0.15, 0.2) is 76.3 Å². The van der Waals surface area contributed by atoms with Gasteiger partial charge in [0.1, 0.15) is 5.75 Å². The van der Waals surface area contributed by atoms with Crippen LogP contribution in [-0.4, -0.2) is 24.0 Å². The lowest BCUT2D eigenvalue weighted by atomic mass is 10.1. The number of nitrogens with one attached hydrogen (secondary N) is 2. The average Bonchev–Trinajstić information content (AvgIpc) is 2.77. The summed E-state index contributed by atoms with van der Waals surface area (Å²) in [7, 11) is 0. The zero-order valence-electron chi connectivity index (χ0n) is 17.4. The fraction of sp³-hybridized carbons (Fsp3) is 0.0833. The summed E-state index contributed by atoms with van der Waals surface area (Å²) in [5, 5.41) is 6.31. The van der Waals surface area contributed by atoms with Gasteiger partial charge in [0.05, 0.1) is 11.8 Å². The number of ether oxygens (including phenoxy) is 1.